The van der Waals surface area contributed by atoms with Crippen LogP contribution in [0.5, 0.6) is 0 Å². The number of carbonyl (C=O) groups is 2. The highest BCUT2D eigenvalue weighted by atomic mass is 16.2. The molecule has 4 heteroatoms. The molecule has 0 saturated carbocycles. The van der Waals surface area contributed by atoms with Gasteiger partial charge in [0.05, 0.1) is 23.6 Å². The second-order valence-corrected chi connectivity index (χ2v) is 5.10. The molecule has 1 aliphatic rings. The number of rotatable bonds is 2. The van der Waals surface area contributed by atoms with Crippen molar-refractivity contribution in [2.24, 2.45) is 5.41 Å². The Kier molecular flexibility index (Phi) is 2.92. The van der Waals surface area contributed by atoms with E-state index in [1.165, 1.54) is 4.90 Å². The summed E-state index contributed by atoms with van der Waals surface area (Å²) in [5.41, 5.74) is 0.833. The van der Waals surface area contributed by atoms with Crippen molar-refractivity contribution in [3.05, 3.63) is 29.8 Å². The lowest BCUT2D eigenvalue weighted by Crippen LogP contribution is -2.32. The third-order valence-electron chi connectivity index (χ3n) is 3.10. The van der Waals surface area contributed by atoms with E-state index in [2.05, 4.69) is 6.07 Å². The summed E-state index contributed by atoms with van der Waals surface area (Å²) in [5.74, 6) is -0.335. The Hall–Kier alpha value is -2.15. The fraction of sp³-hybridized carbons (Fsp3) is 0.357. The SMILES string of the molecule is CC1(C)CC(=O)N(c2ccc(CC#N)cc2)C1=O. The molecule has 0 aromatic heterocycles. The van der Waals surface area contributed by atoms with Crippen molar-refractivity contribution in [1.29, 1.82) is 5.26 Å². The third kappa shape index (κ3) is 2.00. The first kappa shape index (κ1) is 12.3. The first-order chi connectivity index (χ1) is 8.45. The van der Waals surface area contributed by atoms with Crippen LogP contribution >= 0.6 is 0 Å². The van der Waals surface area contributed by atoms with E-state index in [1.54, 1.807) is 38.1 Å². The van der Waals surface area contributed by atoms with E-state index in [1.807, 2.05) is 0 Å². The lowest BCUT2D eigenvalue weighted by atomic mass is 9.92. The number of carbonyl (C=O) groups excluding carboxylic acids is 2. The lowest BCUT2D eigenvalue weighted by molar-refractivity contribution is -0.124. The minimum Gasteiger partial charge on any atom is -0.274 e. The number of hydrogen-bond donors (Lipinski definition) is 0. The molecule has 2 rings (SSSR count). The number of anilines is 1. The number of benzene rings is 1. The average Bonchev–Trinajstić information content (AvgIpc) is 2.50. The zero-order valence-corrected chi connectivity index (χ0v) is 10.4. The molecule has 18 heavy (non-hydrogen) atoms. The molecular formula is C14H14N2O2. The smallest absolute Gasteiger partial charge is 0.239 e. The monoisotopic (exact) mass is 242 g/mol. The summed E-state index contributed by atoms with van der Waals surface area (Å²) in [4.78, 5) is 25.2. The summed E-state index contributed by atoms with van der Waals surface area (Å²) in [5, 5.41) is 8.58. The van der Waals surface area contributed by atoms with Gasteiger partial charge >= 0.3 is 0 Å². The second-order valence-electron chi connectivity index (χ2n) is 5.10. The first-order valence-corrected chi connectivity index (χ1v) is 5.79. The lowest BCUT2D eigenvalue weighted by Gasteiger charge is -2.17. The number of amides is 2. The Labute approximate surface area is 106 Å². The van der Waals surface area contributed by atoms with E-state index in [0.717, 1.165) is 5.56 Å². The summed E-state index contributed by atoms with van der Waals surface area (Å²) in [6.07, 6.45) is 0.569. The van der Waals surface area contributed by atoms with Crippen molar-refractivity contribution in [1.82, 2.24) is 0 Å². The van der Waals surface area contributed by atoms with Crippen LogP contribution in [0.4, 0.5) is 5.69 Å². The normalized spacial score (nSPS) is 17.9. The molecule has 1 heterocycles. The maximum atomic E-state index is 12.1. The fourth-order valence-corrected chi connectivity index (χ4v) is 2.06. The molecule has 0 spiro atoms. The molecule has 4 nitrogen and oxygen atoms in total. The maximum Gasteiger partial charge on any atom is 0.239 e. The zero-order valence-electron chi connectivity index (χ0n) is 10.4. The van der Waals surface area contributed by atoms with Gasteiger partial charge in [-0.3, -0.25) is 14.5 Å². The van der Waals surface area contributed by atoms with E-state index in [4.69, 9.17) is 5.26 Å². The van der Waals surface area contributed by atoms with Gasteiger partial charge in [0.1, 0.15) is 0 Å². The molecule has 0 unspecified atom stereocenters. The zero-order chi connectivity index (χ0) is 13.3. The molecule has 0 aliphatic carbocycles. The van der Waals surface area contributed by atoms with Gasteiger partial charge in [-0.15, -0.1) is 0 Å². The third-order valence-corrected chi connectivity index (χ3v) is 3.10. The standard InChI is InChI=1S/C14H14N2O2/c1-14(2)9-12(17)16(13(14)18)11-5-3-10(4-6-11)7-8-15/h3-6H,7,9H2,1-2H3. The number of hydrogen-bond acceptors (Lipinski definition) is 3. The largest absolute Gasteiger partial charge is 0.274 e. The van der Waals surface area contributed by atoms with Crippen molar-refractivity contribution >= 4 is 17.5 Å². The molecule has 1 fully saturated rings. The van der Waals surface area contributed by atoms with Gasteiger partial charge in [0.15, 0.2) is 0 Å². The summed E-state index contributed by atoms with van der Waals surface area (Å²) in [6.45, 7) is 3.55. The van der Waals surface area contributed by atoms with E-state index < -0.39 is 5.41 Å². The van der Waals surface area contributed by atoms with E-state index in [-0.39, 0.29) is 18.2 Å². The Morgan fingerprint density at radius 2 is 1.89 bits per heavy atom. The van der Waals surface area contributed by atoms with Gasteiger partial charge in [-0.1, -0.05) is 26.0 Å². The Morgan fingerprint density at radius 1 is 1.28 bits per heavy atom. The Balaban J connectivity index is 2.30. The highest BCUT2D eigenvalue weighted by molar-refractivity contribution is 6.22. The van der Waals surface area contributed by atoms with Crippen LogP contribution in [0.3, 0.4) is 0 Å². The van der Waals surface area contributed by atoms with Crippen molar-refractivity contribution in [3.8, 4) is 6.07 Å². The predicted molar refractivity (Wildman–Crippen MR) is 66.7 cm³/mol. The van der Waals surface area contributed by atoms with E-state index >= 15 is 0 Å². The van der Waals surface area contributed by atoms with E-state index in [0.29, 0.717) is 12.1 Å². The van der Waals surface area contributed by atoms with Crippen LogP contribution in [0.25, 0.3) is 0 Å². The number of imide groups is 1. The molecule has 0 atom stereocenters. The van der Waals surface area contributed by atoms with Crippen molar-refractivity contribution < 1.29 is 9.59 Å². The molecule has 0 bridgehead atoms. The molecule has 1 saturated heterocycles. The van der Waals surface area contributed by atoms with Crippen molar-refractivity contribution in [2.75, 3.05) is 4.90 Å². The highest BCUT2D eigenvalue weighted by Gasteiger charge is 2.45. The summed E-state index contributed by atoms with van der Waals surface area (Å²) in [7, 11) is 0. The Morgan fingerprint density at radius 3 is 2.33 bits per heavy atom. The van der Waals surface area contributed by atoms with Crippen LogP contribution in [0.1, 0.15) is 25.8 Å². The van der Waals surface area contributed by atoms with Gasteiger partial charge in [-0.05, 0) is 17.7 Å². The molecule has 92 valence electrons. The van der Waals surface area contributed by atoms with E-state index in [9.17, 15) is 9.59 Å². The maximum absolute atomic E-state index is 12.1. The van der Waals surface area contributed by atoms with Gasteiger partial charge < -0.3 is 0 Å². The molecule has 0 radical (unpaired) electrons. The van der Waals surface area contributed by atoms with Crippen LogP contribution in [0.15, 0.2) is 24.3 Å². The summed E-state index contributed by atoms with van der Waals surface area (Å²) < 4.78 is 0. The molecule has 2 amide bonds. The quantitative estimate of drug-likeness (QED) is 0.745. The van der Waals surface area contributed by atoms with Gasteiger partial charge in [-0.25, -0.2) is 0 Å². The fourth-order valence-electron chi connectivity index (χ4n) is 2.06. The van der Waals surface area contributed by atoms with Crippen LogP contribution in [0.2, 0.25) is 0 Å². The van der Waals surface area contributed by atoms with Crippen LogP contribution < -0.4 is 4.90 Å². The van der Waals surface area contributed by atoms with Crippen molar-refractivity contribution in [2.45, 2.75) is 26.7 Å². The van der Waals surface area contributed by atoms with Gasteiger partial charge in [0, 0.05) is 6.42 Å². The summed E-state index contributed by atoms with van der Waals surface area (Å²) in [6, 6.07) is 9.02. The van der Waals surface area contributed by atoms with Crippen LogP contribution in [-0.4, -0.2) is 11.8 Å². The van der Waals surface area contributed by atoms with Gasteiger partial charge in [-0.2, -0.15) is 5.26 Å². The van der Waals surface area contributed by atoms with Crippen molar-refractivity contribution in [3.63, 3.8) is 0 Å². The first-order valence-electron chi connectivity index (χ1n) is 5.79. The average molecular weight is 242 g/mol. The van der Waals surface area contributed by atoms with Gasteiger partial charge in [0.25, 0.3) is 0 Å². The van der Waals surface area contributed by atoms with Crippen LogP contribution in [0, 0.1) is 16.7 Å². The number of nitrogens with zero attached hydrogens (tertiary/aromatic N) is 2. The predicted octanol–water partition coefficient (Wildman–Crippen LogP) is 2.04. The minimum absolute atomic E-state index is 0.166. The molecule has 1 aromatic rings. The van der Waals surface area contributed by atoms with Crippen LogP contribution in [-0.2, 0) is 16.0 Å². The Bertz CT molecular complexity index is 538. The number of nitriles is 1. The molecule has 1 aliphatic heterocycles. The molecule has 0 N–H and O–H groups in total. The molecule has 1 aromatic carbocycles. The molecular weight excluding hydrogens is 228 g/mol. The summed E-state index contributed by atoms with van der Waals surface area (Å²) >= 11 is 0. The minimum atomic E-state index is -0.623. The highest BCUT2D eigenvalue weighted by Crippen LogP contribution is 2.34. The second kappa shape index (κ2) is 4.26. The topological polar surface area (TPSA) is 61.2 Å². The van der Waals surface area contributed by atoms with Gasteiger partial charge in [0.2, 0.25) is 11.8 Å².